The van der Waals surface area contributed by atoms with Crippen LogP contribution in [0.1, 0.15) is 64.9 Å². The number of hydrogen-bond acceptors (Lipinski definition) is 5. The maximum absolute atomic E-state index is 13.4. The second kappa shape index (κ2) is 13.1. The molecule has 0 aromatic heterocycles. The molecule has 0 spiro atoms. The molecule has 0 radical (unpaired) electrons. The van der Waals surface area contributed by atoms with Crippen LogP contribution in [0.15, 0.2) is 43.0 Å². The van der Waals surface area contributed by atoms with E-state index in [1.165, 1.54) is 4.90 Å². The van der Waals surface area contributed by atoms with Crippen LogP contribution < -0.4 is 5.32 Å². The predicted molar refractivity (Wildman–Crippen MR) is 129 cm³/mol. The molecule has 188 valence electrons. The summed E-state index contributed by atoms with van der Waals surface area (Å²) in [6.07, 6.45) is 4.74. The van der Waals surface area contributed by atoms with Crippen LogP contribution in [0.25, 0.3) is 0 Å². The van der Waals surface area contributed by atoms with E-state index < -0.39 is 41.8 Å². The van der Waals surface area contributed by atoms with E-state index in [1.54, 1.807) is 20.8 Å². The average Bonchev–Trinajstić information content (AvgIpc) is 3.20. The van der Waals surface area contributed by atoms with Crippen molar-refractivity contribution in [1.82, 2.24) is 10.2 Å². The summed E-state index contributed by atoms with van der Waals surface area (Å²) in [5, 5.41) is 12.4. The summed E-state index contributed by atoms with van der Waals surface area (Å²) in [4.78, 5) is 39.1. The summed E-state index contributed by atoms with van der Waals surface area (Å²) in [7, 11) is 0. The zero-order chi connectivity index (χ0) is 25.1. The number of carbonyl (C=O) groups excluding carboxylic acids is 2. The first-order chi connectivity index (χ1) is 16.1. The van der Waals surface area contributed by atoms with Gasteiger partial charge in [0.05, 0.1) is 12.7 Å². The molecule has 8 heteroatoms. The molecule has 0 saturated carbocycles. The highest BCUT2D eigenvalue weighted by molar-refractivity contribution is 5.90. The molecule has 1 heterocycles. The largest absolute Gasteiger partial charge is 0.480 e. The number of carbonyl (C=O) groups is 3. The number of alkyl carbamates (subject to hydrolysis) is 1. The monoisotopic (exact) mass is 474 g/mol. The van der Waals surface area contributed by atoms with Gasteiger partial charge in [-0.25, -0.2) is 9.59 Å². The Hall–Kier alpha value is -2.87. The number of allylic oxidation sites excluding steroid dienone is 1. The van der Waals surface area contributed by atoms with Crippen molar-refractivity contribution in [2.75, 3.05) is 6.54 Å². The van der Waals surface area contributed by atoms with Crippen LogP contribution in [0, 0.1) is 0 Å². The highest BCUT2D eigenvalue weighted by atomic mass is 16.6. The Bertz CT molecular complexity index is 820. The lowest BCUT2D eigenvalue weighted by molar-refractivity contribution is -0.149. The summed E-state index contributed by atoms with van der Waals surface area (Å²) < 4.78 is 11.3. The molecule has 1 aliphatic heterocycles. The number of likely N-dealkylation sites (tertiary alicyclic amines) is 1. The standard InChI is InChI=1S/C26H38N2O6/c1-5-6-7-8-12-15-21(27-25(32)34-26(2,3)4)23(29)28-17-20(16-22(28)24(30)31)33-18-19-13-10-9-11-14-19/h5,9-11,13-14,20-22H,1,6-8,12,15-18H2,2-4H3,(H,27,32)(H,30,31)/t20-,21+,22?/m1/s1. The average molecular weight is 475 g/mol. The third-order valence-corrected chi connectivity index (χ3v) is 5.55. The van der Waals surface area contributed by atoms with Gasteiger partial charge in [0.1, 0.15) is 17.7 Å². The first-order valence-electron chi connectivity index (χ1n) is 11.9. The normalized spacial score (nSPS) is 18.9. The molecule has 1 fully saturated rings. The number of benzene rings is 1. The maximum atomic E-state index is 13.4. The minimum absolute atomic E-state index is 0.158. The number of carboxylic acids is 1. The van der Waals surface area contributed by atoms with Crippen LogP contribution in [0.5, 0.6) is 0 Å². The minimum Gasteiger partial charge on any atom is -0.480 e. The van der Waals surface area contributed by atoms with Crippen LogP contribution in [0.2, 0.25) is 0 Å². The fourth-order valence-corrected chi connectivity index (χ4v) is 3.91. The van der Waals surface area contributed by atoms with Crippen molar-refractivity contribution in [2.24, 2.45) is 0 Å². The number of aliphatic carboxylic acids is 1. The van der Waals surface area contributed by atoms with Crippen molar-refractivity contribution < 1.29 is 29.0 Å². The van der Waals surface area contributed by atoms with Crippen LogP contribution in [-0.4, -0.2) is 58.3 Å². The van der Waals surface area contributed by atoms with Crippen LogP contribution >= 0.6 is 0 Å². The number of hydrogen-bond donors (Lipinski definition) is 2. The summed E-state index contributed by atoms with van der Waals surface area (Å²) in [5.74, 6) is -1.51. The van der Waals surface area contributed by atoms with Crippen LogP contribution in [-0.2, 0) is 25.7 Å². The highest BCUT2D eigenvalue weighted by Gasteiger charge is 2.42. The fraction of sp³-hybridized carbons (Fsp3) is 0.577. The van der Waals surface area contributed by atoms with Crippen molar-refractivity contribution in [2.45, 2.75) is 89.7 Å². The molecule has 3 atom stereocenters. The van der Waals surface area contributed by atoms with Crippen molar-refractivity contribution >= 4 is 18.0 Å². The van der Waals surface area contributed by atoms with Gasteiger partial charge in [-0.3, -0.25) is 4.79 Å². The summed E-state index contributed by atoms with van der Waals surface area (Å²) in [5.41, 5.74) is 0.262. The third kappa shape index (κ3) is 9.17. The number of nitrogens with one attached hydrogen (secondary N) is 1. The molecule has 1 saturated heterocycles. The SMILES string of the molecule is C=CCCCCC[C@H](NC(=O)OC(C)(C)C)C(=O)N1C[C@H](OCc2ccccc2)CC1C(=O)O. The first-order valence-corrected chi connectivity index (χ1v) is 11.9. The Kier molecular flexibility index (Phi) is 10.6. The quantitative estimate of drug-likeness (QED) is 0.346. The Balaban J connectivity index is 2.07. The fourth-order valence-electron chi connectivity index (χ4n) is 3.91. The van der Waals surface area contributed by atoms with E-state index in [4.69, 9.17) is 9.47 Å². The van der Waals surface area contributed by atoms with Gasteiger partial charge in [-0.2, -0.15) is 0 Å². The zero-order valence-electron chi connectivity index (χ0n) is 20.5. The van der Waals surface area contributed by atoms with Gasteiger partial charge in [0.2, 0.25) is 5.91 Å². The van der Waals surface area contributed by atoms with Gasteiger partial charge in [-0.1, -0.05) is 49.2 Å². The molecule has 2 N–H and O–H groups in total. The summed E-state index contributed by atoms with van der Waals surface area (Å²) in [6, 6.07) is 7.72. The van der Waals surface area contributed by atoms with E-state index in [1.807, 2.05) is 36.4 Å². The smallest absolute Gasteiger partial charge is 0.408 e. The second-order valence-corrected chi connectivity index (χ2v) is 9.62. The Morgan fingerprint density at radius 1 is 1.21 bits per heavy atom. The first kappa shape index (κ1) is 27.4. The van der Waals surface area contributed by atoms with Gasteiger partial charge in [0, 0.05) is 13.0 Å². The molecular weight excluding hydrogens is 436 g/mol. The lowest BCUT2D eigenvalue weighted by Gasteiger charge is -2.28. The van der Waals surface area contributed by atoms with Crippen LogP contribution in [0.4, 0.5) is 4.79 Å². The molecule has 2 rings (SSSR count). The van der Waals surface area contributed by atoms with Gasteiger partial charge in [0.15, 0.2) is 0 Å². The van der Waals surface area contributed by atoms with Gasteiger partial charge < -0.3 is 24.8 Å². The van der Waals surface area contributed by atoms with Crippen molar-refractivity contribution in [3.05, 3.63) is 48.6 Å². The van der Waals surface area contributed by atoms with E-state index in [-0.39, 0.29) is 13.0 Å². The van der Waals surface area contributed by atoms with Crippen LogP contribution in [0.3, 0.4) is 0 Å². The van der Waals surface area contributed by atoms with E-state index in [2.05, 4.69) is 11.9 Å². The molecular formula is C26H38N2O6. The van der Waals surface area contributed by atoms with E-state index in [0.29, 0.717) is 19.4 Å². The topological polar surface area (TPSA) is 105 Å². The minimum atomic E-state index is -1.08. The molecule has 8 nitrogen and oxygen atoms in total. The van der Waals surface area contributed by atoms with Crippen molar-refractivity contribution in [3.63, 3.8) is 0 Å². The molecule has 1 aromatic carbocycles. The third-order valence-electron chi connectivity index (χ3n) is 5.55. The molecule has 0 aliphatic carbocycles. The van der Waals surface area contributed by atoms with Crippen molar-refractivity contribution in [1.29, 1.82) is 0 Å². The highest BCUT2D eigenvalue weighted by Crippen LogP contribution is 2.24. The van der Waals surface area contributed by atoms with E-state index in [0.717, 1.165) is 24.8 Å². The molecule has 1 aromatic rings. The van der Waals surface area contributed by atoms with Gasteiger partial charge in [-0.15, -0.1) is 6.58 Å². The summed E-state index contributed by atoms with van der Waals surface area (Å²) >= 11 is 0. The van der Waals surface area contributed by atoms with E-state index in [9.17, 15) is 19.5 Å². The molecule has 0 bridgehead atoms. The van der Waals surface area contributed by atoms with Gasteiger partial charge >= 0.3 is 12.1 Å². The lowest BCUT2D eigenvalue weighted by atomic mass is 10.1. The number of carboxylic acid groups (broad SMARTS) is 1. The molecule has 2 amide bonds. The van der Waals surface area contributed by atoms with Gasteiger partial charge in [-0.05, 0) is 45.6 Å². The van der Waals surface area contributed by atoms with Gasteiger partial charge in [0.25, 0.3) is 0 Å². The number of rotatable bonds is 12. The number of nitrogens with zero attached hydrogens (tertiary/aromatic N) is 1. The Morgan fingerprint density at radius 2 is 1.91 bits per heavy atom. The number of amides is 2. The maximum Gasteiger partial charge on any atom is 0.408 e. The lowest BCUT2D eigenvalue weighted by Crippen LogP contribution is -2.52. The Labute approximate surface area is 202 Å². The number of ether oxygens (including phenoxy) is 2. The predicted octanol–water partition coefficient (Wildman–Crippen LogP) is 4.29. The van der Waals surface area contributed by atoms with E-state index >= 15 is 0 Å². The summed E-state index contributed by atoms with van der Waals surface area (Å²) in [6.45, 7) is 9.44. The Morgan fingerprint density at radius 3 is 2.53 bits per heavy atom. The molecule has 1 unspecified atom stereocenters. The number of unbranched alkanes of at least 4 members (excludes halogenated alkanes) is 3. The second-order valence-electron chi connectivity index (χ2n) is 9.62. The zero-order valence-corrected chi connectivity index (χ0v) is 20.5. The molecule has 1 aliphatic rings. The van der Waals surface area contributed by atoms with Crippen molar-refractivity contribution in [3.8, 4) is 0 Å². The molecule has 34 heavy (non-hydrogen) atoms.